The molecule has 0 aliphatic heterocycles. The Morgan fingerprint density at radius 1 is 1.00 bits per heavy atom. The van der Waals surface area contributed by atoms with Gasteiger partial charge in [-0.3, -0.25) is 4.57 Å². The maximum Gasteiger partial charge on any atom is 0.195 e. The van der Waals surface area contributed by atoms with Crippen LogP contribution in [0.1, 0.15) is 17.8 Å². The summed E-state index contributed by atoms with van der Waals surface area (Å²) in [5, 5.41) is 9.62. The van der Waals surface area contributed by atoms with Gasteiger partial charge in [0.1, 0.15) is 12.4 Å². The molecule has 0 fully saturated rings. The van der Waals surface area contributed by atoms with E-state index in [1.54, 1.807) is 18.9 Å². The Labute approximate surface area is 158 Å². The molecule has 0 spiro atoms. The zero-order valence-corrected chi connectivity index (χ0v) is 15.9. The van der Waals surface area contributed by atoms with E-state index in [9.17, 15) is 0 Å². The normalized spacial score (nSPS) is 10.8. The summed E-state index contributed by atoms with van der Waals surface area (Å²) in [7, 11) is 1.72. The standard InChI is InChI=1S/C20H23N3O2S/c1-16-9-6-7-12-18(16)25-15-19-21-22-20(26-14-8-13-24-2)23(19)17-10-4-3-5-11-17/h3-7,9-12H,8,13-15H2,1-2H3. The van der Waals surface area contributed by atoms with Gasteiger partial charge in [0.15, 0.2) is 11.0 Å². The van der Waals surface area contributed by atoms with Crippen LogP contribution < -0.4 is 4.74 Å². The largest absolute Gasteiger partial charge is 0.485 e. The smallest absolute Gasteiger partial charge is 0.195 e. The van der Waals surface area contributed by atoms with Gasteiger partial charge in [-0.25, -0.2) is 0 Å². The lowest BCUT2D eigenvalue weighted by Gasteiger charge is -2.12. The van der Waals surface area contributed by atoms with Crippen molar-refractivity contribution in [1.82, 2.24) is 14.8 Å². The van der Waals surface area contributed by atoms with Gasteiger partial charge in [0, 0.05) is 25.2 Å². The Morgan fingerprint density at radius 2 is 1.77 bits per heavy atom. The first-order valence-corrected chi connectivity index (χ1v) is 9.58. The van der Waals surface area contributed by atoms with Gasteiger partial charge in [-0.15, -0.1) is 10.2 Å². The van der Waals surface area contributed by atoms with E-state index in [4.69, 9.17) is 9.47 Å². The number of para-hydroxylation sites is 2. The SMILES string of the molecule is COCCCSc1nnc(COc2ccccc2C)n1-c1ccccc1. The number of benzene rings is 2. The van der Waals surface area contributed by atoms with Crippen LogP contribution in [0.15, 0.2) is 59.8 Å². The fourth-order valence-corrected chi connectivity index (χ4v) is 3.43. The van der Waals surface area contributed by atoms with Gasteiger partial charge < -0.3 is 9.47 Å². The van der Waals surface area contributed by atoms with Gasteiger partial charge in [0.2, 0.25) is 0 Å². The van der Waals surface area contributed by atoms with E-state index in [0.717, 1.165) is 46.8 Å². The lowest BCUT2D eigenvalue weighted by molar-refractivity contribution is 0.200. The van der Waals surface area contributed by atoms with Gasteiger partial charge in [0.25, 0.3) is 0 Å². The summed E-state index contributed by atoms with van der Waals surface area (Å²) >= 11 is 1.68. The van der Waals surface area contributed by atoms with Crippen molar-refractivity contribution in [1.29, 1.82) is 0 Å². The summed E-state index contributed by atoms with van der Waals surface area (Å²) in [5.41, 5.74) is 2.14. The van der Waals surface area contributed by atoms with Crippen LogP contribution in [0.3, 0.4) is 0 Å². The second-order valence-electron chi connectivity index (χ2n) is 5.82. The van der Waals surface area contributed by atoms with Crippen LogP contribution >= 0.6 is 11.8 Å². The van der Waals surface area contributed by atoms with Crippen molar-refractivity contribution in [2.45, 2.75) is 25.1 Å². The zero-order valence-electron chi connectivity index (χ0n) is 15.1. The number of nitrogens with zero attached hydrogens (tertiary/aromatic N) is 3. The van der Waals surface area contributed by atoms with Crippen molar-refractivity contribution in [3.63, 3.8) is 0 Å². The Kier molecular flexibility index (Phi) is 6.68. The third-order valence-electron chi connectivity index (χ3n) is 3.89. The number of ether oxygens (including phenoxy) is 2. The van der Waals surface area contributed by atoms with Gasteiger partial charge in [-0.1, -0.05) is 48.2 Å². The Bertz CT molecular complexity index is 821. The highest BCUT2D eigenvalue weighted by Crippen LogP contribution is 2.24. The Morgan fingerprint density at radius 3 is 2.54 bits per heavy atom. The molecule has 0 aliphatic carbocycles. The molecule has 136 valence electrons. The quantitative estimate of drug-likeness (QED) is 0.416. The van der Waals surface area contributed by atoms with Crippen molar-refractivity contribution < 1.29 is 9.47 Å². The monoisotopic (exact) mass is 369 g/mol. The van der Waals surface area contributed by atoms with E-state index in [1.165, 1.54) is 0 Å². The molecule has 1 heterocycles. The Hall–Kier alpha value is -2.31. The van der Waals surface area contributed by atoms with E-state index < -0.39 is 0 Å². The Balaban J connectivity index is 1.80. The molecule has 0 atom stereocenters. The first-order chi connectivity index (χ1) is 12.8. The molecule has 0 saturated carbocycles. The lowest BCUT2D eigenvalue weighted by Crippen LogP contribution is -2.07. The zero-order chi connectivity index (χ0) is 18.2. The fourth-order valence-electron chi connectivity index (χ4n) is 2.55. The average Bonchev–Trinajstić information content (AvgIpc) is 3.08. The van der Waals surface area contributed by atoms with E-state index in [0.29, 0.717) is 6.61 Å². The second kappa shape index (κ2) is 9.40. The number of rotatable bonds is 9. The highest BCUT2D eigenvalue weighted by Gasteiger charge is 2.15. The molecule has 26 heavy (non-hydrogen) atoms. The molecular weight excluding hydrogens is 346 g/mol. The predicted molar refractivity (Wildman–Crippen MR) is 104 cm³/mol. The van der Waals surface area contributed by atoms with Crippen LogP contribution in [0.25, 0.3) is 5.69 Å². The van der Waals surface area contributed by atoms with Crippen molar-refractivity contribution >= 4 is 11.8 Å². The molecule has 3 rings (SSSR count). The third kappa shape index (κ3) is 4.65. The average molecular weight is 369 g/mol. The maximum atomic E-state index is 5.99. The first kappa shape index (κ1) is 18.5. The van der Waals surface area contributed by atoms with Gasteiger partial charge in [0.05, 0.1) is 0 Å². The topological polar surface area (TPSA) is 49.2 Å². The number of hydrogen-bond acceptors (Lipinski definition) is 5. The molecule has 0 amide bonds. The molecule has 3 aromatic rings. The minimum absolute atomic E-state index is 0.366. The summed E-state index contributed by atoms with van der Waals surface area (Å²) in [4.78, 5) is 0. The molecule has 0 N–H and O–H groups in total. The minimum Gasteiger partial charge on any atom is -0.485 e. The predicted octanol–water partition coefficient (Wildman–Crippen LogP) is 4.28. The van der Waals surface area contributed by atoms with E-state index in [2.05, 4.69) is 26.9 Å². The number of aryl methyl sites for hydroxylation is 1. The molecule has 0 bridgehead atoms. The van der Waals surface area contributed by atoms with Crippen molar-refractivity contribution in [3.05, 3.63) is 66.0 Å². The molecule has 0 radical (unpaired) electrons. The summed E-state index contributed by atoms with van der Waals surface area (Å²) in [5.74, 6) is 2.58. The van der Waals surface area contributed by atoms with Gasteiger partial charge >= 0.3 is 0 Å². The van der Waals surface area contributed by atoms with Gasteiger partial charge in [-0.2, -0.15) is 0 Å². The summed E-state index contributed by atoms with van der Waals surface area (Å²) < 4.78 is 13.2. The minimum atomic E-state index is 0.366. The van der Waals surface area contributed by atoms with Crippen LogP contribution in [0.4, 0.5) is 0 Å². The molecule has 5 nitrogen and oxygen atoms in total. The molecule has 0 saturated heterocycles. The van der Waals surface area contributed by atoms with Crippen LogP contribution in [0.5, 0.6) is 5.75 Å². The maximum absolute atomic E-state index is 5.99. The van der Waals surface area contributed by atoms with Gasteiger partial charge in [-0.05, 0) is 37.1 Å². The summed E-state index contributed by atoms with van der Waals surface area (Å²) in [6.07, 6.45) is 0.970. The number of aromatic nitrogens is 3. The van der Waals surface area contributed by atoms with Crippen LogP contribution in [-0.4, -0.2) is 34.2 Å². The highest BCUT2D eigenvalue weighted by atomic mass is 32.2. The van der Waals surface area contributed by atoms with Crippen LogP contribution in [0.2, 0.25) is 0 Å². The number of methoxy groups -OCH3 is 1. The van der Waals surface area contributed by atoms with Crippen molar-refractivity contribution in [3.8, 4) is 11.4 Å². The second-order valence-corrected chi connectivity index (χ2v) is 6.88. The fraction of sp³-hybridized carbons (Fsp3) is 0.300. The molecule has 0 unspecified atom stereocenters. The van der Waals surface area contributed by atoms with E-state index in [-0.39, 0.29) is 0 Å². The molecule has 2 aromatic carbocycles. The van der Waals surface area contributed by atoms with E-state index in [1.807, 2.05) is 49.4 Å². The summed E-state index contributed by atoms with van der Waals surface area (Å²) in [6, 6.07) is 18.1. The van der Waals surface area contributed by atoms with Crippen LogP contribution in [-0.2, 0) is 11.3 Å². The number of thioether (sulfide) groups is 1. The summed E-state index contributed by atoms with van der Waals surface area (Å²) in [6.45, 7) is 3.15. The number of hydrogen-bond donors (Lipinski definition) is 0. The van der Waals surface area contributed by atoms with Crippen molar-refractivity contribution in [2.24, 2.45) is 0 Å². The van der Waals surface area contributed by atoms with Crippen molar-refractivity contribution in [2.75, 3.05) is 19.5 Å². The highest BCUT2D eigenvalue weighted by molar-refractivity contribution is 7.99. The molecule has 6 heteroatoms. The first-order valence-electron chi connectivity index (χ1n) is 8.59. The lowest BCUT2D eigenvalue weighted by atomic mass is 10.2. The molecule has 0 aliphatic rings. The molecular formula is C20H23N3O2S. The third-order valence-corrected chi connectivity index (χ3v) is 4.90. The van der Waals surface area contributed by atoms with E-state index >= 15 is 0 Å². The van der Waals surface area contributed by atoms with Crippen LogP contribution in [0, 0.1) is 6.92 Å². The molecule has 1 aromatic heterocycles.